The van der Waals surface area contributed by atoms with Crippen molar-refractivity contribution in [3.8, 4) is 0 Å². The highest BCUT2D eigenvalue weighted by atomic mass is 16.6. The fourth-order valence-electron chi connectivity index (χ4n) is 4.45. The summed E-state index contributed by atoms with van der Waals surface area (Å²) < 4.78 is 7.70. The lowest BCUT2D eigenvalue weighted by Gasteiger charge is -2.29. The van der Waals surface area contributed by atoms with Crippen LogP contribution in [0.3, 0.4) is 0 Å². The maximum Gasteiger partial charge on any atom is 0.277 e. The highest BCUT2D eigenvalue weighted by Crippen LogP contribution is 2.29. The van der Waals surface area contributed by atoms with Gasteiger partial charge in [0.15, 0.2) is 0 Å². The van der Waals surface area contributed by atoms with Crippen molar-refractivity contribution >= 4 is 33.4 Å². The lowest BCUT2D eigenvalue weighted by molar-refractivity contribution is 0.0539. The molecule has 32 heavy (non-hydrogen) atoms. The topological polar surface area (TPSA) is 68.6 Å². The number of hydrogen-bond donors (Lipinski definition) is 1. The molecule has 3 aromatic carbocycles. The number of imidazole rings is 1. The number of aromatic nitrogens is 2. The van der Waals surface area contributed by atoms with Gasteiger partial charge in [-0.3, -0.25) is 9.63 Å². The molecule has 164 valence electrons. The summed E-state index contributed by atoms with van der Waals surface area (Å²) in [6.07, 6.45) is 0. The average molecular weight is 431 g/mol. The first-order chi connectivity index (χ1) is 15.7. The van der Waals surface area contributed by atoms with Crippen molar-refractivity contribution in [1.82, 2.24) is 15.0 Å². The van der Waals surface area contributed by atoms with Crippen LogP contribution >= 0.6 is 0 Å². The van der Waals surface area contributed by atoms with E-state index >= 15 is 0 Å². The zero-order valence-corrected chi connectivity index (χ0v) is 18.3. The second-order valence-electron chi connectivity index (χ2n) is 7.98. The largest absolute Gasteiger partial charge is 0.378 e. The third-order valence-corrected chi connectivity index (χ3v) is 6.05. The first kappa shape index (κ1) is 20.5. The first-order valence-electron chi connectivity index (χ1n) is 10.8. The van der Waals surface area contributed by atoms with E-state index in [1.165, 1.54) is 23.4 Å². The monoisotopic (exact) mass is 430 g/mol. The molecule has 1 amide bonds. The van der Waals surface area contributed by atoms with Gasteiger partial charge in [-0.15, -0.1) is 0 Å². The normalized spacial score (nSPS) is 14.2. The minimum absolute atomic E-state index is 0.303. The molecule has 1 N–H and O–H groups in total. The average Bonchev–Trinajstić information content (AvgIpc) is 3.14. The van der Waals surface area contributed by atoms with Gasteiger partial charge in [0.2, 0.25) is 0 Å². The van der Waals surface area contributed by atoms with E-state index in [1.807, 2.05) is 13.0 Å². The zero-order valence-electron chi connectivity index (χ0n) is 18.3. The zero-order chi connectivity index (χ0) is 22.1. The summed E-state index contributed by atoms with van der Waals surface area (Å²) in [6.45, 7) is 5.57. The number of carbonyl (C=O) groups excluding carboxylic acids is 1. The number of amides is 1. The highest BCUT2D eigenvalue weighted by molar-refractivity contribution is 6.06. The van der Waals surface area contributed by atoms with Crippen molar-refractivity contribution in [2.24, 2.45) is 0 Å². The van der Waals surface area contributed by atoms with Gasteiger partial charge >= 0.3 is 0 Å². The number of hydroxylamine groups is 1. The molecule has 0 atom stereocenters. The Balaban J connectivity index is 1.66. The molecule has 1 aliphatic heterocycles. The number of ether oxygens (including phenoxy) is 1. The van der Waals surface area contributed by atoms with E-state index in [1.54, 1.807) is 0 Å². The second-order valence-corrected chi connectivity index (χ2v) is 7.98. The number of nitrogens with zero attached hydrogens (tertiary/aromatic N) is 3. The molecule has 1 fully saturated rings. The molecule has 7 heteroatoms. The lowest BCUT2D eigenvalue weighted by Crippen LogP contribution is -2.36. The smallest absolute Gasteiger partial charge is 0.277 e. The Morgan fingerprint density at radius 3 is 2.72 bits per heavy atom. The van der Waals surface area contributed by atoms with Crippen LogP contribution in [0.4, 0.5) is 5.69 Å². The predicted octanol–water partition coefficient (Wildman–Crippen LogP) is 3.67. The molecule has 0 spiro atoms. The quantitative estimate of drug-likeness (QED) is 0.489. The minimum Gasteiger partial charge on any atom is -0.378 e. The first-order valence-corrected chi connectivity index (χ1v) is 10.8. The second kappa shape index (κ2) is 8.61. The fourth-order valence-corrected chi connectivity index (χ4v) is 4.45. The van der Waals surface area contributed by atoms with Gasteiger partial charge in [-0.2, -0.15) is 0 Å². The van der Waals surface area contributed by atoms with Crippen LogP contribution in [-0.2, 0) is 16.1 Å². The van der Waals surface area contributed by atoms with E-state index < -0.39 is 0 Å². The molecule has 0 unspecified atom stereocenters. The Morgan fingerprint density at radius 2 is 1.91 bits per heavy atom. The summed E-state index contributed by atoms with van der Waals surface area (Å²) in [5.41, 5.74) is 6.77. The molecular formula is C25H26N4O3. The number of fused-ring (bicyclic) bond motifs is 2. The molecule has 0 bridgehead atoms. The van der Waals surface area contributed by atoms with Crippen LogP contribution in [0.1, 0.15) is 21.7 Å². The number of carbonyl (C=O) groups is 1. The molecule has 1 saturated heterocycles. The fraction of sp³-hybridized carbons (Fsp3) is 0.280. The number of anilines is 1. The van der Waals surface area contributed by atoms with Gasteiger partial charge in [0, 0.05) is 25.3 Å². The van der Waals surface area contributed by atoms with E-state index in [0.717, 1.165) is 30.1 Å². The SMILES string of the molecule is CONC(=O)c1cc(N2CCOCC2)cc2c1nc(C)n2Cc1cccc2ccccc12. The molecule has 1 aliphatic rings. The number of rotatable bonds is 5. The number of nitrogens with one attached hydrogen (secondary N) is 1. The van der Waals surface area contributed by atoms with Gasteiger partial charge in [0.1, 0.15) is 11.3 Å². The molecule has 5 rings (SSSR count). The summed E-state index contributed by atoms with van der Waals surface area (Å²) in [6, 6.07) is 18.8. The molecule has 2 heterocycles. The number of hydrogen-bond acceptors (Lipinski definition) is 5. The standard InChI is InChI=1S/C25H26N4O3/c1-17-26-24-22(25(30)27-31-2)14-20(28-10-12-32-13-11-28)15-23(24)29(17)16-19-8-5-7-18-6-3-4-9-21(18)19/h3-9,14-15H,10-13,16H2,1-2H3,(H,27,30). The van der Waals surface area contributed by atoms with Crippen molar-refractivity contribution in [2.75, 3.05) is 38.3 Å². The lowest BCUT2D eigenvalue weighted by atomic mass is 10.0. The summed E-state index contributed by atoms with van der Waals surface area (Å²) in [5.74, 6) is 0.556. The third kappa shape index (κ3) is 3.70. The maximum atomic E-state index is 12.8. The van der Waals surface area contributed by atoms with Crippen LogP contribution in [0.2, 0.25) is 0 Å². The van der Waals surface area contributed by atoms with Crippen LogP contribution in [0.25, 0.3) is 21.8 Å². The Kier molecular flexibility index (Phi) is 5.51. The highest BCUT2D eigenvalue weighted by Gasteiger charge is 2.21. The molecule has 0 saturated carbocycles. The Morgan fingerprint density at radius 1 is 1.12 bits per heavy atom. The van der Waals surface area contributed by atoms with E-state index in [4.69, 9.17) is 14.6 Å². The molecule has 0 aliphatic carbocycles. The van der Waals surface area contributed by atoms with Gasteiger partial charge in [-0.05, 0) is 35.4 Å². The molecule has 4 aromatic rings. The van der Waals surface area contributed by atoms with Gasteiger partial charge < -0.3 is 14.2 Å². The van der Waals surface area contributed by atoms with Crippen molar-refractivity contribution < 1.29 is 14.4 Å². The van der Waals surface area contributed by atoms with E-state index in [2.05, 4.69) is 63.5 Å². The van der Waals surface area contributed by atoms with Crippen LogP contribution < -0.4 is 10.4 Å². The van der Waals surface area contributed by atoms with Crippen molar-refractivity contribution in [2.45, 2.75) is 13.5 Å². The van der Waals surface area contributed by atoms with Crippen molar-refractivity contribution in [3.05, 3.63) is 71.5 Å². The molecular weight excluding hydrogens is 404 g/mol. The summed E-state index contributed by atoms with van der Waals surface area (Å²) in [4.78, 5) is 24.8. The number of morpholine rings is 1. The minimum atomic E-state index is -0.303. The summed E-state index contributed by atoms with van der Waals surface area (Å²) in [5, 5.41) is 2.43. The van der Waals surface area contributed by atoms with Gasteiger partial charge in [0.25, 0.3) is 5.91 Å². The number of aryl methyl sites for hydroxylation is 1. The van der Waals surface area contributed by atoms with E-state index in [-0.39, 0.29) is 5.91 Å². The van der Waals surface area contributed by atoms with E-state index in [0.29, 0.717) is 30.8 Å². The maximum absolute atomic E-state index is 12.8. The van der Waals surface area contributed by atoms with Crippen LogP contribution in [0.15, 0.2) is 54.6 Å². The molecule has 1 aromatic heterocycles. The molecule has 0 radical (unpaired) electrons. The Hall–Kier alpha value is -3.42. The van der Waals surface area contributed by atoms with Crippen molar-refractivity contribution in [3.63, 3.8) is 0 Å². The van der Waals surface area contributed by atoms with Crippen LogP contribution in [0, 0.1) is 6.92 Å². The predicted molar refractivity (Wildman–Crippen MR) is 125 cm³/mol. The Labute approximate surface area is 186 Å². The van der Waals surface area contributed by atoms with Gasteiger partial charge in [0.05, 0.1) is 31.4 Å². The Bertz CT molecular complexity index is 1290. The third-order valence-electron chi connectivity index (χ3n) is 6.05. The van der Waals surface area contributed by atoms with Crippen LogP contribution in [0.5, 0.6) is 0 Å². The number of benzene rings is 3. The molecule has 7 nitrogen and oxygen atoms in total. The summed E-state index contributed by atoms with van der Waals surface area (Å²) in [7, 11) is 1.44. The van der Waals surface area contributed by atoms with Crippen LogP contribution in [-0.4, -0.2) is 48.9 Å². The van der Waals surface area contributed by atoms with Gasteiger partial charge in [-0.25, -0.2) is 10.5 Å². The van der Waals surface area contributed by atoms with E-state index in [9.17, 15) is 4.79 Å². The van der Waals surface area contributed by atoms with Crippen molar-refractivity contribution in [1.29, 1.82) is 0 Å². The summed E-state index contributed by atoms with van der Waals surface area (Å²) >= 11 is 0. The van der Waals surface area contributed by atoms with Gasteiger partial charge in [-0.1, -0.05) is 42.5 Å².